The highest BCUT2D eigenvalue weighted by Gasteiger charge is 2.62. The van der Waals surface area contributed by atoms with E-state index in [0.717, 1.165) is 44.9 Å². The van der Waals surface area contributed by atoms with Gasteiger partial charge in [-0.3, -0.25) is 0 Å². The lowest BCUT2D eigenvalue weighted by Crippen LogP contribution is -2.52. The molecule has 2 aliphatic heterocycles. The SMILES string of the molecule is C=CC(=O)OC1(C2CC3CCC2(CO)O3)CCCC1. The molecule has 3 rings (SSSR count). The summed E-state index contributed by atoms with van der Waals surface area (Å²) in [5.41, 5.74) is -0.917. The maximum atomic E-state index is 11.7. The second kappa shape index (κ2) is 4.60. The Labute approximate surface area is 113 Å². The van der Waals surface area contributed by atoms with Crippen LogP contribution in [0.15, 0.2) is 12.7 Å². The predicted molar refractivity (Wildman–Crippen MR) is 69.5 cm³/mol. The standard InChI is InChI=1S/C15H22O4/c1-2-13(17)19-14(6-3-4-7-14)12-9-11-5-8-15(12,10-16)18-11/h2,11-12,16H,1,3-10H2. The van der Waals surface area contributed by atoms with E-state index in [9.17, 15) is 9.90 Å². The van der Waals surface area contributed by atoms with E-state index in [1.807, 2.05) is 0 Å². The van der Waals surface area contributed by atoms with Gasteiger partial charge in [-0.05, 0) is 44.9 Å². The lowest BCUT2D eigenvalue weighted by molar-refractivity contribution is -0.171. The molecule has 4 heteroatoms. The second-order valence-electron chi connectivity index (χ2n) is 6.19. The van der Waals surface area contributed by atoms with Crippen molar-refractivity contribution in [3.05, 3.63) is 12.7 Å². The van der Waals surface area contributed by atoms with Gasteiger partial charge in [0, 0.05) is 12.0 Å². The number of carbonyl (C=O) groups is 1. The monoisotopic (exact) mass is 266 g/mol. The van der Waals surface area contributed by atoms with Gasteiger partial charge in [0.05, 0.1) is 18.3 Å². The summed E-state index contributed by atoms with van der Waals surface area (Å²) in [7, 11) is 0. The molecule has 0 spiro atoms. The molecule has 0 amide bonds. The molecule has 3 fully saturated rings. The van der Waals surface area contributed by atoms with Crippen molar-refractivity contribution in [3.63, 3.8) is 0 Å². The summed E-state index contributed by atoms with van der Waals surface area (Å²) in [5, 5.41) is 9.79. The first kappa shape index (κ1) is 13.1. The van der Waals surface area contributed by atoms with Crippen LogP contribution in [0.4, 0.5) is 0 Å². The number of fused-ring (bicyclic) bond motifs is 2. The topological polar surface area (TPSA) is 55.8 Å². The van der Waals surface area contributed by atoms with Gasteiger partial charge in [-0.25, -0.2) is 4.79 Å². The Hall–Kier alpha value is -0.870. The summed E-state index contributed by atoms with van der Waals surface area (Å²) in [6.45, 7) is 3.52. The van der Waals surface area contributed by atoms with E-state index in [1.54, 1.807) is 0 Å². The third-order valence-electron chi connectivity index (χ3n) is 5.25. The molecule has 3 aliphatic rings. The predicted octanol–water partition coefficient (Wildman–Crippen LogP) is 1.96. The van der Waals surface area contributed by atoms with Crippen LogP contribution in [0.1, 0.15) is 44.9 Å². The molecule has 2 saturated heterocycles. The van der Waals surface area contributed by atoms with Gasteiger partial charge in [-0.1, -0.05) is 6.58 Å². The van der Waals surface area contributed by atoms with E-state index >= 15 is 0 Å². The Morgan fingerprint density at radius 2 is 2.16 bits per heavy atom. The van der Waals surface area contributed by atoms with Crippen LogP contribution in [0.3, 0.4) is 0 Å². The first-order chi connectivity index (χ1) is 9.14. The number of aliphatic hydroxyl groups excluding tert-OH is 1. The van der Waals surface area contributed by atoms with E-state index in [2.05, 4.69) is 6.58 Å². The van der Waals surface area contributed by atoms with E-state index in [-0.39, 0.29) is 24.6 Å². The first-order valence-corrected chi connectivity index (χ1v) is 7.28. The summed E-state index contributed by atoms with van der Waals surface area (Å²) in [5.74, 6) is -0.215. The molecular weight excluding hydrogens is 244 g/mol. The van der Waals surface area contributed by atoms with Crippen molar-refractivity contribution in [2.75, 3.05) is 6.61 Å². The number of hydrogen-bond acceptors (Lipinski definition) is 4. The van der Waals surface area contributed by atoms with E-state index in [0.29, 0.717) is 0 Å². The van der Waals surface area contributed by atoms with Crippen molar-refractivity contribution in [1.29, 1.82) is 0 Å². The van der Waals surface area contributed by atoms with Crippen LogP contribution in [-0.4, -0.2) is 35.0 Å². The van der Waals surface area contributed by atoms with Gasteiger partial charge in [0.15, 0.2) is 0 Å². The molecule has 1 N–H and O–H groups in total. The smallest absolute Gasteiger partial charge is 0.330 e. The van der Waals surface area contributed by atoms with Crippen molar-refractivity contribution >= 4 is 5.97 Å². The average molecular weight is 266 g/mol. The molecule has 3 unspecified atom stereocenters. The first-order valence-electron chi connectivity index (χ1n) is 7.28. The zero-order valence-electron chi connectivity index (χ0n) is 11.3. The summed E-state index contributed by atoms with van der Waals surface area (Å²) in [4.78, 5) is 11.7. The number of carbonyl (C=O) groups excluding carboxylic acids is 1. The van der Waals surface area contributed by atoms with Gasteiger partial charge < -0.3 is 14.6 Å². The van der Waals surface area contributed by atoms with Crippen molar-refractivity contribution in [1.82, 2.24) is 0 Å². The third kappa shape index (κ3) is 1.93. The largest absolute Gasteiger partial charge is 0.456 e. The molecular formula is C15H22O4. The minimum absolute atomic E-state index is 0.0293. The molecule has 2 bridgehead atoms. The fourth-order valence-electron chi connectivity index (χ4n) is 4.41. The van der Waals surface area contributed by atoms with Gasteiger partial charge in [0.2, 0.25) is 0 Å². The highest BCUT2D eigenvalue weighted by Crippen LogP contribution is 2.56. The number of rotatable bonds is 4. The molecule has 0 aromatic rings. The summed E-state index contributed by atoms with van der Waals surface area (Å²) in [6.07, 6.45) is 8.20. The van der Waals surface area contributed by atoms with Gasteiger partial charge >= 0.3 is 5.97 Å². The van der Waals surface area contributed by atoms with Gasteiger partial charge in [0.1, 0.15) is 5.60 Å². The highest BCUT2D eigenvalue weighted by molar-refractivity contribution is 5.81. The van der Waals surface area contributed by atoms with Crippen molar-refractivity contribution < 1.29 is 19.4 Å². The van der Waals surface area contributed by atoms with Crippen molar-refractivity contribution in [2.24, 2.45) is 5.92 Å². The van der Waals surface area contributed by atoms with Gasteiger partial charge in [0.25, 0.3) is 0 Å². The molecule has 19 heavy (non-hydrogen) atoms. The summed E-state index contributed by atoms with van der Waals surface area (Å²) in [6, 6.07) is 0. The van der Waals surface area contributed by atoms with Crippen LogP contribution in [0.25, 0.3) is 0 Å². The van der Waals surface area contributed by atoms with E-state index in [4.69, 9.17) is 9.47 Å². The summed E-state index contributed by atoms with van der Waals surface area (Å²) < 4.78 is 11.8. The van der Waals surface area contributed by atoms with Crippen LogP contribution in [0.5, 0.6) is 0 Å². The number of aliphatic hydroxyl groups is 1. The zero-order valence-corrected chi connectivity index (χ0v) is 11.3. The molecule has 3 atom stereocenters. The third-order valence-corrected chi connectivity index (χ3v) is 5.25. The Bertz CT molecular complexity index is 386. The van der Waals surface area contributed by atoms with Crippen LogP contribution >= 0.6 is 0 Å². The van der Waals surface area contributed by atoms with Gasteiger partial charge in [-0.2, -0.15) is 0 Å². The van der Waals surface area contributed by atoms with Crippen LogP contribution in [0.2, 0.25) is 0 Å². The number of hydrogen-bond donors (Lipinski definition) is 1. The van der Waals surface area contributed by atoms with E-state index in [1.165, 1.54) is 6.08 Å². The molecule has 106 valence electrons. The Morgan fingerprint density at radius 3 is 2.74 bits per heavy atom. The molecule has 2 heterocycles. The maximum Gasteiger partial charge on any atom is 0.330 e. The quantitative estimate of drug-likeness (QED) is 0.624. The molecule has 1 aliphatic carbocycles. The molecule has 1 saturated carbocycles. The average Bonchev–Trinajstić information content (AvgIpc) is 3.12. The fraction of sp³-hybridized carbons (Fsp3) is 0.800. The Kier molecular flexibility index (Phi) is 3.18. The second-order valence-corrected chi connectivity index (χ2v) is 6.19. The zero-order chi connectivity index (χ0) is 13.5. The summed E-state index contributed by atoms with van der Waals surface area (Å²) >= 11 is 0. The van der Waals surface area contributed by atoms with Crippen LogP contribution < -0.4 is 0 Å². The lowest BCUT2D eigenvalue weighted by Gasteiger charge is -2.43. The highest BCUT2D eigenvalue weighted by atomic mass is 16.6. The molecule has 0 aromatic carbocycles. The van der Waals surface area contributed by atoms with Crippen LogP contribution in [0, 0.1) is 5.92 Å². The lowest BCUT2D eigenvalue weighted by atomic mass is 9.68. The van der Waals surface area contributed by atoms with E-state index < -0.39 is 11.2 Å². The van der Waals surface area contributed by atoms with Crippen LogP contribution in [-0.2, 0) is 14.3 Å². The normalized spacial score (nSPS) is 39.4. The number of esters is 1. The number of ether oxygens (including phenoxy) is 2. The Morgan fingerprint density at radius 1 is 1.42 bits per heavy atom. The molecule has 0 radical (unpaired) electrons. The Balaban J connectivity index is 1.88. The van der Waals surface area contributed by atoms with Gasteiger partial charge in [-0.15, -0.1) is 0 Å². The maximum absolute atomic E-state index is 11.7. The molecule has 0 aromatic heterocycles. The van der Waals surface area contributed by atoms with Crippen molar-refractivity contribution in [2.45, 2.75) is 62.3 Å². The minimum Gasteiger partial charge on any atom is -0.456 e. The minimum atomic E-state index is -0.476. The fourth-order valence-corrected chi connectivity index (χ4v) is 4.41. The molecule has 4 nitrogen and oxygen atoms in total. The van der Waals surface area contributed by atoms with Crippen molar-refractivity contribution in [3.8, 4) is 0 Å².